The number of carbonyl (C=O) groups is 2. The smallest absolute Gasteiger partial charge is 0.338 e. The highest BCUT2D eigenvalue weighted by Crippen LogP contribution is 2.16. The van der Waals surface area contributed by atoms with E-state index in [1.807, 2.05) is 62.4 Å². The molecule has 0 fully saturated rings. The quantitative estimate of drug-likeness (QED) is 0.596. The molecule has 0 aliphatic carbocycles. The van der Waals surface area contributed by atoms with Crippen molar-refractivity contribution in [1.29, 1.82) is 0 Å². The van der Waals surface area contributed by atoms with Gasteiger partial charge in [-0.25, -0.2) is 4.79 Å². The van der Waals surface area contributed by atoms with E-state index in [0.717, 1.165) is 16.7 Å². The van der Waals surface area contributed by atoms with Crippen molar-refractivity contribution in [3.63, 3.8) is 0 Å². The molecule has 5 nitrogen and oxygen atoms in total. The number of anilines is 1. The zero-order chi connectivity index (χ0) is 20.6. The van der Waals surface area contributed by atoms with Crippen LogP contribution >= 0.6 is 0 Å². The van der Waals surface area contributed by atoms with Crippen molar-refractivity contribution in [1.82, 2.24) is 0 Å². The van der Waals surface area contributed by atoms with E-state index < -0.39 is 5.97 Å². The molecule has 0 atom stereocenters. The highest BCUT2D eigenvalue weighted by Gasteiger charge is 2.11. The fourth-order valence-corrected chi connectivity index (χ4v) is 2.89. The van der Waals surface area contributed by atoms with E-state index in [0.29, 0.717) is 23.6 Å². The molecule has 0 saturated heterocycles. The Balaban J connectivity index is 1.48. The lowest BCUT2D eigenvalue weighted by molar-refractivity contribution is -0.119. The molecule has 5 heteroatoms. The third-order valence-corrected chi connectivity index (χ3v) is 4.18. The molecule has 0 saturated carbocycles. The summed E-state index contributed by atoms with van der Waals surface area (Å²) in [5.41, 5.74) is 4.20. The van der Waals surface area contributed by atoms with Gasteiger partial charge in [-0.3, -0.25) is 4.79 Å². The maximum Gasteiger partial charge on any atom is 0.338 e. The van der Waals surface area contributed by atoms with Crippen LogP contribution in [0.5, 0.6) is 5.75 Å². The average molecular weight is 389 g/mol. The summed E-state index contributed by atoms with van der Waals surface area (Å²) in [5.74, 6) is -0.292. The van der Waals surface area contributed by atoms with Crippen LogP contribution in [0, 0.1) is 13.8 Å². The van der Waals surface area contributed by atoms with Crippen LogP contribution in [-0.4, -0.2) is 18.5 Å². The van der Waals surface area contributed by atoms with Gasteiger partial charge in [-0.15, -0.1) is 0 Å². The first-order valence-electron chi connectivity index (χ1n) is 9.32. The maximum atomic E-state index is 12.2. The van der Waals surface area contributed by atoms with Crippen LogP contribution < -0.4 is 10.1 Å². The fourth-order valence-electron chi connectivity index (χ4n) is 2.89. The number of nitrogens with one attached hydrogen (secondary N) is 1. The molecule has 0 aliphatic heterocycles. The van der Waals surface area contributed by atoms with Crippen molar-refractivity contribution < 1.29 is 19.1 Å². The standard InChI is InChI=1S/C24H23NO4/c1-17-12-18(2)14-21(13-17)25-23(26)16-29-24(27)20-8-10-22(11-9-20)28-15-19-6-4-3-5-7-19/h3-14H,15-16H2,1-2H3,(H,25,26). The number of rotatable bonds is 7. The third-order valence-electron chi connectivity index (χ3n) is 4.18. The van der Waals surface area contributed by atoms with E-state index in [9.17, 15) is 9.59 Å². The van der Waals surface area contributed by atoms with Crippen molar-refractivity contribution in [3.05, 3.63) is 95.1 Å². The fraction of sp³-hybridized carbons (Fsp3) is 0.167. The number of hydrogen-bond donors (Lipinski definition) is 1. The second-order valence-electron chi connectivity index (χ2n) is 6.80. The summed E-state index contributed by atoms with van der Waals surface area (Å²) in [6, 6.07) is 22.2. The van der Waals surface area contributed by atoms with Gasteiger partial charge in [-0.1, -0.05) is 36.4 Å². The number of amides is 1. The van der Waals surface area contributed by atoms with Gasteiger partial charge in [0.1, 0.15) is 12.4 Å². The Bertz CT molecular complexity index is 961. The SMILES string of the molecule is Cc1cc(C)cc(NC(=O)COC(=O)c2ccc(OCc3ccccc3)cc2)c1. The Hall–Kier alpha value is -3.60. The topological polar surface area (TPSA) is 64.6 Å². The average Bonchev–Trinajstić information content (AvgIpc) is 2.71. The van der Waals surface area contributed by atoms with Gasteiger partial charge in [-0.05, 0) is 66.9 Å². The summed E-state index contributed by atoms with van der Waals surface area (Å²) in [6.45, 7) is 4.01. The van der Waals surface area contributed by atoms with Crippen LogP contribution in [0.4, 0.5) is 5.69 Å². The summed E-state index contributed by atoms with van der Waals surface area (Å²) >= 11 is 0. The van der Waals surface area contributed by atoms with Gasteiger partial charge in [0.15, 0.2) is 6.61 Å². The molecular weight excluding hydrogens is 366 g/mol. The number of ether oxygens (including phenoxy) is 2. The molecule has 1 N–H and O–H groups in total. The second-order valence-corrected chi connectivity index (χ2v) is 6.80. The lowest BCUT2D eigenvalue weighted by atomic mass is 10.1. The molecule has 0 radical (unpaired) electrons. The van der Waals surface area contributed by atoms with Gasteiger partial charge in [0.05, 0.1) is 5.56 Å². The number of carbonyl (C=O) groups excluding carboxylic acids is 2. The normalized spacial score (nSPS) is 10.3. The van der Waals surface area contributed by atoms with Gasteiger partial charge in [0, 0.05) is 5.69 Å². The van der Waals surface area contributed by atoms with E-state index in [1.165, 1.54) is 0 Å². The first-order chi connectivity index (χ1) is 14.0. The van der Waals surface area contributed by atoms with E-state index in [4.69, 9.17) is 9.47 Å². The highest BCUT2D eigenvalue weighted by molar-refractivity contribution is 5.95. The third kappa shape index (κ3) is 6.21. The number of esters is 1. The summed E-state index contributed by atoms with van der Waals surface area (Å²) in [5, 5.41) is 2.74. The highest BCUT2D eigenvalue weighted by atomic mass is 16.5. The molecule has 29 heavy (non-hydrogen) atoms. The van der Waals surface area contributed by atoms with E-state index in [2.05, 4.69) is 5.32 Å². The molecule has 0 bridgehead atoms. The zero-order valence-corrected chi connectivity index (χ0v) is 16.5. The lowest BCUT2D eigenvalue weighted by Crippen LogP contribution is -2.21. The van der Waals surface area contributed by atoms with E-state index in [1.54, 1.807) is 24.3 Å². The van der Waals surface area contributed by atoms with Crippen molar-refractivity contribution in [2.45, 2.75) is 20.5 Å². The Morgan fingerprint density at radius 3 is 2.17 bits per heavy atom. The van der Waals surface area contributed by atoms with Crippen LogP contribution in [0.3, 0.4) is 0 Å². The largest absolute Gasteiger partial charge is 0.489 e. The van der Waals surface area contributed by atoms with E-state index in [-0.39, 0.29) is 12.5 Å². The molecule has 0 aliphatic rings. The Kier molecular flexibility index (Phi) is 6.63. The van der Waals surface area contributed by atoms with Crippen LogP contribution in [-0.2, 0) is 16.1 Å². The second kappa shape index (κ2) is 9.55. The van der Waals surface area contributed by atoms with Gasteiger partial charge < -0.3 is 14.8 Å². The van der Waals surface area contributed by atoms with Gasteiger partial charge >= 0.3 is 5.97 Å². The van der Waals surface area contributed by atoms with E-state index >= 15 is 0 Å². The lowest BCUT2D eigenvalue weighted by Gasteiger charge is -2.09. The van der Waals surface area contributed by atoms with Crippen molar-refractivity contribution in [2.24, 2.45) is 0 Å². The monoisotopic (exact) mass is 389 g/mol. The summed E-state index contributed by atoms with van der Waals surface area (Å²) in [6.07, 6.45) is 0. The molecule has 0 spiro atoms. The molecule has 0 unspecified atom stereocenters. The molecule has 3 aromatic rings. The Morgan fingerprint density at radius 1 is 0.862 bits per heavy atom. The predicted octanol–water partition coefficient (Wildman–Crippen LogP) is 4.68. The molecule has 0 aromatic heterocycles. The number of aryl methyl sites for hydroxylation is 2. The van der Waals surface area contributed by atoms with Crippen molar-refractivity contribution >= 4 is 17.6 Å². The maximum absolute atomic E-state index is 12.2. The minimum atomic E-state index is -0.560. The molecule has 148 valence electrons. The molecular formula is C24H23NO4. The summed E-state index contributed by atoms with van der Waals surface area (Å²) < 4.78 is 10.8. The van der Waals surface area contributed by atoms with Crippen molar-refractivity contribution in [3.8, 4) is 5.75 Å². The van der Waals surface area contributed by atoms with Crippen molar-refractivity contribution in [2.75, 3.05) is 11.9 Å². The summed E-state index contributed by atoms with van der Waals surface area (Å²) in [7, 11) is 0. The van der Waals surface area contributed by atoms with Crippen LogP contribution in [0.15, 0.2) is 72.8 Å². The number of benzene rings is 3. The Labute approximate surface area is 170 Å². The summed E-state index contributed by atoms with van der Waals surface area (Å²) in [4.78, 5) is 24.2. The van der Waals surface area contributed by atoms with Gasteiger partial charge in [0.2, 0.25) is 0 Å². The van der Waals surface area contributed by atoms with Crippen LogP contribution in [0.2, 0.25) is 0 Å². The minimum Gasteiger partial charge on any atom is -0.489 e. The Morgan fingerprint density at radius 2 is 1.52 bits per heavy atom. The first kappa shape index (κ1) is 20.1. The predicted molar refractivity (Wildman–Crippen MR) is 112 cm³/mol. The minimum absolute atomic E-state index is 0.349. The van der Waals surface area contributed by atoms with Crippen LogP contribution in [0.25, 0.3) is 0 Å². The molecule has 3 aromatic carbocycles. The molecule has 1 amide bonds. The first-order valence-corrected chi connectivity index (χ1v) is 9.32. The van der Waals surface area contributed by atoms with Crippen LogP contribution in [0.1, 0.15) is 27.0 Å². The zero-order valence-electron chi connectivity index (χ0n) is 16.5. The van der Waals surface area contributed by atoms with Gasteiger partial charge in [-0.2, -0.15) is 0 Å². The molecule has 3 rings (SSSR count). The van der Waals surface area contributed by atoms with Gasteiger partial charge in [0.25, 0.3) is 5.91 Å². The number of hydrogen-bond acceptors (Lipinski definition) is 4. The molecule has 0 heterocycles.